The van der Waals surface area contributed by atoms with E-state index in [4.69, 9.17) is 5.73 Å². The molecule has 0 unspecified atom stereocenters. The van der Waals surface area contributed by atoms with Crippen LogP contribution in [0, 0.1) is 0 Å². The summed E-state index contributed by atoms with van der Waals surface area (Å²) < 4.78 is 37.3. The molecule has 0 amide bonds. The maximum Gasteiger partial charge on any atom is 0.416 e. The van der Waals surface area contributed by atoms with E-state index in [0.29, 0.717) is 12.0 Å². The summed E-state index contributed by atoms with van der Waals surface area (Å²) in [5.74, 6) is 0. The van der Waals surface area contributed by atoms with Crippen LogP contribution in [0.25, 0.3) is 0 Å². The van der Waals surface area contributed by atoms with E-state index in [1.165, 1.54) is 12.1 Å². The standard InChI is InChI=1S/C12H16F3N/c1-2-4-11(16)8-9-5-3-6-10(7-9)12(13,14)15/h3,5-7,11H,2,4,8,16H2,1H3/t11-/m0/s1. The summed E-state index contributed by atoms with van der Waals surface area (Å²) in [5, 5.41) is 0. The first-order chi connectivity index (χ1) is 7.43. The Balaban J connectivity index is 2.75. The average Bonchev–Trinajstić information content (AvgIpc) is 2.17. The molecule has 1 rings (SSSR count). The third-order valence-electron chi connectivity index (χ3n) is 2.41. The molecule has 0 bridgehead atoms. The smallest absolute Gasteiger partial charge is 0.327 e. The minimum Gasteiger partial charge on any atom is -0.327 e. The Bertz CT molecular complexity index is 333. The van der Waals surface area contributed by atoms with Crippen molar-refractivity contribution in [3.05, 3.63) is 35.4 Å². The zero-order valence-corrected chi connectivity index (χ0v) is 9.22. The Kier molecular flexibility index (Phi) is 4.35. The van der Waals surface area contributed by atoms with E-state index < -0.39 is 11.7 Å². The molecule has 0 saturated heterocycles. The normalized spacial score (nSPS) is 13.8. The topological polar surface area (TPSA) is 26.0 Å². The highest BCUT2D eigenvalue weighted by atomic mass is 19.4. The first kappa shape index (κ1) is 13.0. The molecule has 0 radical (unpaired) electrons. The van der Waals surface area contributed by atoms with Crippen molar-refractivity contribution in [3.8, 4) is 0 Å². The third-order valence-corrected chi connectivity index (χ3v) is 2.41. The molecule has 0 aliphatic heterocycles. The molecule has 1 nitrogen and oxygen atoms in total. The number of hydrogen-bond acceptors (Lipinski definition) is 1. The van der Waals surface area contributed by atoms with E-state index in [1.54, 1.807) is 6.07 Å². The zero-order valence-electron chi connectivity index (χ0n) is 9.22. The van der Waals surface area contributed by atoms with Crippen LogP contribution in [0.4, 0.5) is 13.2 Å². The van der Waals surface area contributed by atoms with Gasteiger partial charge in [0.25, 0.3) is 0 Å². The van der Waals surface area contributed by atoms with Gasteiger partial charge in [-0.25, -0.2) is 0 Å². The van der Waals surface area contributed by atoms with Gasteiger partial charge in [0, 0.05) is 6.04 Å². The van der Waals surface area contributed by atoms with Gasteiger partial charge in [-0.15, -0.1) is 0 Å². The fourth-order valence-electron chi connectivity index (χ4n) is 1.65. The Labute approximate surface area is 93.5 Å². The monoisotopic (exact) mass is 231 g/mol. The van der Waals surface area contributed by atoms with Crippen LogP contribution < -0.4 is 5.73 Å². The van der Waals surface area contributed by atoms with Crippen LogP contribution in [0.15, 0.2) is 24.3 Å². The van der Waals surface area contributed by atoms with Gasteiger partial charge >= 0.3 is 6.18 Å². The largest absolute Gasteiger partial charge is 0.416 e. The fraction of sp³-hybridized carbons (Fsp3) is 0.500. The number of hydrogen-bond donors (Lipinski definition) is 1. The summed E-state index contributed by atoms with van der Waals surface area (Å²) in [7, 11) is 0. The van der Waals surface area contributed by atoms with Gasteiger partial charge in [0.05, 0.1) is 5.56 Å². The summed E-state index contributed by atoms with van der Waals surface area (Å²) in [6, 6.07) is 5.31. The van der Waals surface area contributed by atoms with Crippen molar-refractivity contribution in [3.63, 3.8) is 0 Å². The van der Waals surface area contributed by atoms with Crippen molar-refractivity contribution in [2.45, 2.75) is 38.4 Å². The Hall–Kier alpha value is -1.03. The second-order valence-corrected chi connectivity index (χ2v) is 3.95. The molecule has 16 heavy (non-hydrogen) atoms. The highest BCUT2D eigenvalue weighted by Gasteiger charge is 2.30. The number of benzene rings is 1. The van der Waals surface area contributed by atoms with E-state index in [9.17, 15) is 13.2 Å². The number of alkyl halides is 3. The zero-order chi connectivity index (χ0) is 12.2. The molecule has 2 N–H and O–H groups in total. The highest BCUT2D eigenvalue weighted by molar-refractivity contribution is 5.26. The number of halogens is 3. The molecule has 0 saturated carbocycles. The molecule has 0 aromatic heterocycles. The first-order valence-corrected chi connectivity index (χ1v) is 5.35. The predicted octanol–water partition coefficient (Wildman–Crippen LogP) is 3.38. The Morgan fingerprint density at radius 2 is 2.00 bits per heavy atom. The molecule has 0 aliphatic rings. The van der Waals surface area contributed by atoms with Gasteiger partial charge in [-0.1, -0.05) is 31.5 Å². The van der Waals surface area contributed by atoms with Gasteiger partial charge in [-0.2, -0.15) is 13.2 Å². The van der Waals surface area contributed by atoms with Crippen LogP contribution in [0.5, 0.6) is 0 Å². The predicted molar refractivity (Wildman–Crippen MR) is 58.0 cm³/mol. The van der Waals surface area contributed by atoms with Crippen molar-refractivity contribution < 1.29 is 13.2 Å². The lowest BCUT2D eigenvalue weighted by Gasteiger charge is -2.12. The molecule has 1 aromatic rings. The van der Waals surface area contributed by atoms with Gasteiger partial charge in [-0.05, 0) is 24.5 Å². The lowest BCUT2D eigenvalue weighted by atomic mass is 10.0. The average molecular weight is 231 g/mol. The Morgan fingerprint density at radius 3 is 2.56 bits per heavy atom. The van der Waals surface area contributed by atoms with Gasteiger partial charge in [0.1, 0.15) is 0 Å². The van der Waals surface area contributed by atoms with Gasteiger partial charge in [0.2, 0.25) is 0 Å². The maximum absolute atomic E-state index is 12.4. The van der Waals surface area contributed by atoms with Crippen LogP contribution in [-0.4, -0.2) is 6.04 Å². The summed E-state index contributed by atoms with van der Waals surface area (Å²) in [5.41, 5.74) is 5.84. The van der Waals surface area contributed by atoms with Crippen molar-refractivity contribution in [1.29, 1.82) is 0 Å². The van der Waals surface area contributed by atoms with E-state index in [1.807, 2.05) is 6.92 Å². The summed E-state index contributed by atoms with van der Waals surface area (Å²) >= 11 is 0. The van der Waals surface area contributed by atoms with E-state index in [2.05, 4.69) is 0 Å². The molecular formula is C12H16F3N. The lowest BCUT2D eigenvalue weighted by Crippen LogP contribution is -2.22. The van der Waals surface area contributed by atoms with Crippen LogP contribution >= 0.6 is 0 Å². The van der Waals surface area contributed by atoms with Crippen LogP contribution in [-0.2, 0) is 12.6 Å². The van der Waals surface area contributed by atoms with Gasteiger partial charge < -0.3 is 5.73 Å². The van der Waals surface area contributed by atoms with Crippen molar-refractivity contribution in [2.24, 2.45) is 5.73 Å². The van der Waals surface area contributed by atoms with Gasteiger partial charge in [-0.3, -0.25) is 0 Å². The first-order valence-electron chi connectivity index (χ1n) is 5.35. The second-order valence-electron chi connectivity index (χ2n) is 3.95. The lowest BCUT2D eigenvalue weighted by molar-refractivity contribution is -0.137. The number of nitrogens with two attached hydrogens (primary N) is 1. The quantitative estimate of drug-likeness (QED) is 0.844. The van der Waals surface area contributed by atoms with Crippen LogP contribution in [0.3, 0.4) is 0 Å². The SMILES string of the molecule is CCC[C@H](N)Cc1cccc(C(F)(F)F)c1. The minimum atomic E-state index is -4.27. The molecule has 0 aliphatic carbocycles. The Morgan fingerprint density at radius 1 is 1.31 bits per heavy atom. The fourth-order valence-corrected chi connectivity index (χ4v) is 1.65. The molecule has 4 heteroatoms. The van der Waals surface area contributed by atoms with Crippen molar-refractivity contribution in [2.75, 3.05) is 0 Å². The van der Waals surface area contributed by atoms with E-state index >= 15 is 0 Å². The molecule has 0 fully saturated rings. The van der Waals surface area contributed by atoms with Crippen molar-refractivity contribution >= 4 is 0 Å². The summed E-state index contributed by atoms with van der Waals surface area (Å²) in [6.45, 7) is 2.01. The van der Waals surface area contributed by atoms with Gasteiger partial charge in [0.15, 0.2) is 0 Å². The summed E-state index contributed by atoms with van der Waals surface area (Å²) in [6.07, 6.45) is -2.00. The second kappa shape index (κ2) is 5.34. The number of rotatable bonds is 4. The van der Waals surface area contributed by atoms with Crippen LogP contribution in [0.1, 0.15) is 30.9 Å². The maximum atomic E-state index is 12.4. The van der Waals surface area contributed by atoms with Crippen LogP contribution in [0.2, 0.25) is 0 Å². The van der Waals surface area contributed by atoms with E-state index in [0.717, 1.165) is 18.9 Å². The molecule has 0 spiro atoms. The molecule has 1 atom stereocenters. The molecule has 0 heterocycles. The highest BCUT2D eigenvalue weighted by Crippen LogP contribution is 2.29. The molecular weight excluding hydrogens is 215 g/mol. The third kappa shape index (κ3) is 3.85. The summed E-state index contributed by atoms with van der Waals surface area (Å²) in [4.78, 5) is 0. The van der Waals surface area contributed by atoms with Crippen molar-refractivity contribution in [1.82, 2.24) is 0 Å². The van der Waals surface area contributed by atoms with E-state index in [-0.39, 0.29) is 6.04 Å². The minimum absolute atomic E-state index is 0.0616. The molecule has 1 aromatic carbocycles. The molecule has 90 valence electrons.